The fourth-order valence-corrected chi connectivity index (χ4v) is 2.29. The van der Waals surface area contributed by atoms with Crippen molar-refractivity contribution >= 4 is 5.69 Å². The highest BCUT2D eigenvalue weighted by atomic mass is 15.1. The maximum atomic E-state index is 8.76. The SMILES string of the molecule is CCCNC(C)c1ccc(N(CCC#N)C(C)C)cc1. The second kappa shape index (κ2) is 8.60. The number of nitrogens with one attached hydrogen (secondary N) is 1. The summed E-state index contributed by atoms with van der Waals surface area (Å²) in [6.07, 6.45) is 1.71. The molecule has 20 heavy (non-hydrogen) atoms. The van der Waals surface area contributed by atoms with Crippen molar-refractivity contribution in [1.82, 2.24) is 5.32 Å². The van der Waals surface area contributed by atoms with E-state index >= 15 is 0 Å². The lowest BCUT2D eigenvalue weighted by Crippen LogP contribution is -2.31. The van der Waals surface area contributed by atoms with Crippen molar-refractivity contribution in [2.24, 2.45) is 0 Å². The third kappa shape index (κ3) is 4.86. The second-order valence-corrected chi connectivity index (χ2v) is 5.46. The van der Waals surface area contributed by atoms with Gasteiger partial charge in [-0.3, -0.25) is 0 Å². The fourth-order valence-electron chi connectivity index (χ4n) is 2.29. The number of hydrogen-bond acceptors (Lipinski definition) is 3. The van der Waals surface area contributed by atoms with Crippen LogP contribution in [-0.2, 0) is 0 Å². The molecular formula is C17H27N3. The van der Waals surface area contributed by atoms with E-state index < -0.39 is 0 Å². The number of anilines is 1. The summed E-state index contributed by atoms with van der Waals surface area (Å²) in [6, 6.07) is 11.7. The molecule has 3 heteroatoms. The lowest BCUT2D eigenvalue weighted by atomic mass is 10.1. The molecule has 0 radical (unpaired) electrons. The molecule has 0 heterocycles. The van der Waals surface area contributed by atoms with Crippen molar-refractivity contribution in [2.75, 3.05) is 18.0 Å². The van der Waals surface area contributed by atoms with Gasteiger partial charge in [0.05, 0.1) is 12.5 Å². The average molecular weight is 273 g/mol. The minimum atomic E-state index is 0.385. The first-order valence-electron chi connectivity index (χ1n) is 7.57. The summed E-state index contributed by atoms with van der Waals surface area (Å²) in [7, 11) is 0. The molecule has 0 aliphatic carbocycles. The number of hydrogen-bond donors (Lipinski definition) is 1. The van der Waals surface area contributed by atoms with Gasteiger partial charge in [-0.2, -0.15) is 5.26 Å². The van der Waals surface area contributed by atoms with Crippen LogP contribution in [-0.4, -0.2) is 19.1 Å². The van der Waals surface area contributed by atoms with Gasteiger partial charge in [-0.05, 0) is 51.4 Å². The predicted molar refractivity (Wildman–Crippen MR) is 85.9 cm³/mol. The van der Waals surface area contributed by atoms with E-state index in [2.05, 4.69) is 68.2 Å². The fraction of sp³-hybridized carbons (Fsp3) is 0.588. The zero-order chi connectivity index (χ0) is 15.0. The molecule has 1 rings (SSSR count). The monoisotopic (exact) mass is 273 g/mol. The largest absolute Gasteiger partial charge is 0.368 e. The van der Waals surface area contributed by atoms with Gasteiger partial charge in [0.25, 0.3) is 0 Å². The van der Waals surface area contributed by atoms with Gasteiger partial charge >= 0.3 is 0 Å². The van der Waals surface area contributed by atoms with Gasteiger partial charge in [-0.1, -0.05) is 19.1 Å². The first-order chi connectivity index (χ1) is 9.60. The van der Waals surface area contributed by atoms with Gasteiger partial charge in [-0.15, -0.1) is 0 Å². The Labute approximate surface area is 123 Å². The maximum Gasteiger partial charge on any atom is 0.0640 e. The summed E-state index contributed by atoms with van der Waals surface area (Å²) in [4.78, 5) is 2.27. The van der Waals surface area contributed by atoms with Crippen LogP contribution in [0.15, 0.2) is 24.3 Å². The Bertz CT molecular complexity index is 417. The molecule has 0 bridgehead atoms. The predicted octanol–water partition coefficient (Wildman–Crippen LogP) is 3.88. The zero-order valence-corrected chi connectivity index (χ0v) is 13.2. The van der Waals surface area contributed by atoms with Crippen LogP contribution in [0.4, 0.5) is 5.69 Å². The molecule has 1 atom stereocenters. The smallest absolute Gasteiger partial charge is 0.0640 e. The lowest BCUT2D eigenvalue weighted by molar-refractivity contribution is 0.570. The molecule has 1 aromatic carbocycles. The van der Waals surface area contributed by atoms with Crippen LogP contribution in [0.3, 0.4) is 0 Å². The molecule has 0 spiro atoms. The minimum absolute atomic E-state index is 0.385. The first-order valence-corrected chi connectivity index (χ1v) is 7.57. The molecule has 0 saturated heterocycles. The highest BCUT2D eigenvalue weighted by Gasteiger charge is 2.11. The maximum absolute atomic E-state index is 8.76. The minimum Gasteiger partial charge on any atom is -0.368 e. The molecule has 0 aliphatic rings. The summed E-state index contributed by atoms with van der Waals surface area (Å²) >= 11 is 0. The Morgan fingerprint density at radius 1 is 1.20 bits per heavy atom. The summed E-state index contributed by atoms with van der Waals surface area (Å²) in [5.41, 5.74) is 2.51. The van der Waals surface area contributed by atoms with E-state index in [1.165, 1.54) is 11.3 Å². The average Bonchev–Trinajstić information content (AvgIpc) is 2.45. The summed E-state index contributed by atoms with van der Waals surface area (Å²) < 4.78 is 0. The molecule has 0 aromatic heterocycles. The molecule has 1 aromatic rings. The number of rotatable bonds is 8. The summed E-state index contributed by atoms with van der Waals surface area (Å²) in [6.45, 7) is 10.5. The van der Waals surface area contributed by atoms with Gasteiger partial charge < -0.3 is 10.2 Å². The van der Waals surface area contributed by atoms with Gasteiger partial charge in [0, 0.05) is 24.3 Å². The van der Waals surface area contributed by atoms with Crippen molar-refractivity contribution in [2.45, 2.75) is 52.6 Å². The van der Waals surface area contributed by atoms with E-state index in [1.54, 1.807) is 0 Å². The molecule has 0 amide bonds. The first kappa shape index (κ1) is 16.5. The Hall–Kier alpha value is -1.53. The van der Waals surface area contributed by atoms with Gasteiger partial charge in [-0.25, -0.2) is 0 Å². The molecule has 3 nitrogen and oxygen atoms in total. The molecular weight excluding hydrogens is 246 g/mol. The topological polar surface area (TPSA) is 39.1 Å². The third-order valence-corrected chi connectivity index (χ3v) is 3.51. The number of nitrogens with zero attached hydrogens (tertiary/aromatic N) is 2. The van der Waals surface area contributed by atoms with Crippen LogP contribution < -0.4 is 10.2 Å². The molecule has 1 N–H and O–H groups in total. The van der Waals surface area contributed by atoms with E-state index in [0.29, 0.717) is 18.5 Å². The quantitative estimate of drug-likeness (QED) is 0.781. The molecule has 0 saturated carbocycles. The van der Waals surface area contributed by atoms with Gasteiger partial charge in [0.2, 0.25) is 0 Å². The van der Waals surface area contributed by atoms with E-state index in [4.69, 9.17) is 5.26 Å². The van der Waals surface area contributed by atoms with E-state index in [9.17, 15) is 0 Å². The van der Waals surface area contributed by atoms with Crippen LogP contribution in [0.1, 0.15) is 52.1 Å². The van der Waals surface area contributed by atoms with Crippen LogP contribution >= 0.6 is 0 Å². The number of benzene rings is 1. The van der Waals surface area contributed by atoms with Gasteiger partial charge in [0.1, 0.15) is 0 Å². The Balaban J connectivity index is 2.75. The Morgan fingerprint density at radius 3 is 2.35 bits per heavy atom. The van der Waals surface area contributed by atoms with Crippen molar-refractivity contribution in [1.29, 1.82) is 5.26 Å². The van der Waals surface area contributed by atoms with Crippen LogP contribution in [0.2, 0.25) is 0 Å². The standard InChI is InChI=1S/C17H27N3/c1-5-12-19-15(4)16-7-9-17(10-8-16)20(14(2)3)13-6-11-18/h7-10,14-15,19H,5-6,12-13H2,1-4H3. The van der Waals surface area contributed by atoms with Crippen molar-refractivity contribution in [3.8, 4) is 6.07 Å². The van der Waals surface area contributed by atoms with Crippen molar-refractivity contribution < 1.29 is 0 Å². The van der Waals surface area contributed by atoms with Crippen LogP contribution in [0.25, 0.3) is 0 Å². The molecule has 1 unspecified atom stereocenters. The third-order valence-electron chi connectivity index (χ3n) is 3.51. The Kier molecular flexibility index (Phi) is 7.11. The second-order valence-electron chi connectivity index (χ2n) is 5.46. The summed E-state index contributed by atoms with van der Waals surface area (Å²) in [5.74, 6) is 0. The van der Waals surface area contributed by atoms with Crippen LogP contribution in [0.5, 0.6) is 0 Å². The van der Waals surface area contributed by atoms with Crippen molar-refractivity contribution in [3.63, 3.8) is 0 Å². The van der Waals surface area contributed by atoms with Gasteiger partial charge in [0.15, 0.2) is 0 Å². The molecule has 0 fully saturated rings. The zero-order valence-electron chi connectivity index (χ0n) is 13.2. The highest BCUT2D eigenvalue weighted by Crippen LogP contribution is 2.21. The highest BCUT2D eigenvalue weighted by molar-refractivity contribution is 5.48. The Morgan fingerprint density at radius 2 is 1.85 bits per heavy atom. The van der Waals surface area contributed by atoms with E-state index in [0.717, 1.165) is 19.5 Å². The van der Waals surface area contributed by atoms with Crippen LogP contribution in [0, 0.1) is 11.3 Å². The number of nitriles is 1. The molecule has 110 valence electrons. The van der Waals surface area contributed by atoms with E-state index in [1.807, 2.05) is 0 Å². The lowest BCUT2D eigenvalue weighted by Gasteiger charge is -2.28. The molecule has 0 aliphatic heterocycles. The van der Waals surface area contributed by atoms with E-state index in [-0.39, 0.29) is 0 Å². The normalized spacial score (nSPS) is 12.2. The summed E-state index contributed by atoms with van der Waals surface area (Å²) in [5, 5.41) is 12.3. The van der Waals surface area contributed by atoms with Crippen molar-refractivity contribution in [3.05, 3.63) is 29.8 Å².